The highest BCUT2D eigenvalue weighted by atomic mass is 15.4. The van der Waals surface area contributed by atoms with Crippen molar-refractivity contribution in [1.29, 1.82) is 0 Å². The summed E-state index contributed by atoms with van der Waals surface area (Å²) in [5, 5.41) is 0. The molecule has 2 aliphatic heterocycles. The minimum atomic E-state index is 0.485. The normalized spacial score (nSPS) is 28.4. The van der Waals surface area contributed by atoms with Gasteiger partial charge in [-0.1, -0.05) is 60.7 Å². The molecular weight excluding hydrogens is 232 g/mol. The van der Waals surface area contributed by atoms with E-state index in [1.54, 1.807) is 0 Å². The van der Waals surface area contributed by atoms with Crippen LogP contribution in [0.5, 0.6) is 0 Å². The Morgan fingerprint density at radius 2 is 1.53 bits per heavy atom. The molecule has 0 bridgehead atoms. The average molecular weight is 248 g/mol. The Labute approximate surface area is 113 Å². The van der Waals surface area contributed by atoms with Gasteiger partial charge in [0.15, 0.2) is 0 Å². The van der Waals surface area contributed by atoms with Crippen LogP contribution in [0, 0.1) is 0 Å². The first-order chi connectivity index (χ1) is 9.45. The fraction of sp³-hybridized carbons (Fsp3) is 0.235. The highest BCUT2D eigenvalue weighted by molar-refractivity contribution is 6.07. The predicted molar refractivity (Wildman–Crippen MR) is 77.5 cm³/mol. The Balaban J connectivity index is 1.67. The van der Waals surface area contributed by atoms with E-state index in [1.165, 1.54) is 16.8 Å². The molecule has 1 saturated heterocycles. The summed E-state index contributed by atoms with van der Waals surface area (Å²) in [6, 6.07) is 22.4. The number of hydrogen-bond acceptors (Lipinski definition) is 2. The minimum absolute atomic E-state index is 0.485. The van der Waals surface area contributed by atoms with Crippen LogP contribution >= 0.6 is 0 Å². The van der Waals surface area contributed by atoms with Gasteiger partial charge >= 0.3 is 0 Å². The van der Waals surface area contributed by atoms with Gasteiger partial charge in [-0.2, -0.15) is 0 Å². The molecule has 1 fully saturated rings. The van der Waals surface area contributed by atoms with Gasteiger partial charge in [0, 0.05) is 6.54 Å². The summed E-state index contributed by atoms with van der Waals surface area (Å²) in [5.74, 6) is 0. The SMILES string of the molecule is c1ccc(C2=NCCN3[C@H](c4ccccc4)[C@H]23)cc1. The summed E-state index contributed by atoms with van der Waals surface area (Å²) in [6.07, 6.45) is 0. The van der Waals surface area contributed by atoms with Crippen molar-refractivity contribution in [3.05, 3.63) is 71.8 Å². The molecule has 0 amide bonds. The van der Waals surface area contributed by atoms with Gasteiger partial charge in [-0.25, -0.2) is 0 Å². The van der Waals surface area contributed by atoms with Crippen molar-refractivity contribution in [3.63, 3.8) is 0 Å². The van der Waals surface area contributed by atoms with Gasteiger partial charge in [-0.3, -0.25) is 9.89 Å². The quantitative estimate of drug-likeness (QED) is 0.746. The molecule has 0 saturated carbocycles. The lowest BCUT2D eigenvalue weighted by Gasteiger charge is -2.11. The van der Waals surface area contributed by atoms with Crippen LogP contribution in [0.2, 0.25) is 0 Å². The highest BCUT2D eigenvalue weighted by Crippen LogP contribution is 2.46. The monoisotopic (exact) mass is 248 g/mol. The lowest BCUT2D eigenvalue weighted by atomic mass is 10.0. The third-order valence-electron chi connectivity index (χ3n) is 4.06. The van der Waals surface area contributed by atoms with Gasteiger partial charge in [-0.15, -0.1) is 0 Å². The summed E-state index contributed by atoms with van der Waals surface area (Å²) < 4.78 is 0. The summed E-state index contributed by atoms with van der Waals surface area (Å²) in [4.78, 5) is 7.32. The lowest BCUT2D eigenvalue weighted by molar-refractivity contribution is 0.502. The average Bonchev–Trinajstić information content (AvgIpc) is 3.23. The van der Waals surface area contributed by atoms with Gasteiger partial charge in [0.05, 0.1) is 24.3 Å². The topological polar surface area (TPSA) is 15.4 Å². The molecule has 2 aromatic rings. The van der Waals surface area contributed by atoms with Crippen LogP contribution in [-0.4, -0.2) is 29.7 Å². The maximum absolute atomic E-state index is 4.77. The second-order valence-electron chi connectivity index (χ2n) is 5.17. The van der Waals surface area contributed by atoms with Crippen molar-refractivity contribution in [2.45, 2.75) is 12.1 Å². The molecule has 2 aliphatic rings. The van der Waals surface area contributed by atoms with Crippen molar-refractivity contribution in [3.8, 4) is 0 Å². The first-order valence-electron chi connectivity index (χ1n) is 6.85. The van der Waals surface area contributed by atoms with E-state index < -0.39 is 0 Å². The Bertz CT molecular complexity index is 604. The van der Waals surface area contributed by atoms with Crippen molar-refractivity contribution in [1.82, 2.24) is 4.90 Å². The van der Waals surface area contributed by atoms with Crippen molar-refractivity contribution in [2.75, 3.05) is 13.1 Å². The number of aliphatic imine (C=N–C) groups is 1. The maximum atomic E-state index is 4.77. The molecule has 0 aliphatic carbocycles. The largest absolute Gasteiger partial charge is 0.286 e. The first kappa shape index (κ1) is 10.9. The molecule has 1 unspecified atom stereocenters. The second kappa shape index (κ2) is 4.32. The van der Waals surface area contributed by atoms with E-state index in [2.05, 4.69) is 65.6 Å². The smallest absolute Gasteiger partial charge is 0.0728 e. The molecule has 4 rings (SSSR count). The lowest BCUT2D eigenvalue weighted by Crippen LogP contribution is -2.22. The van der Waals surface area contributed by atoms with E-state index in [-0.39, 0.29) is 0 Å². The fourth-order valence-electron chi connectivity index (χ4n) is 3.14. The van der Waals surface area contributed by atoms with Gasteiger partial charge in [-0.05, 0) is 11.1 Å². The first-order valence-corrected chi connectivity index (χ1v) is 6.85. The minimum Gasteiger partial charge on any atom is -0.286 e. The molecule has 19 heavy (non-hydrogen) atoms. The maximum Gasteiger partial charge on any atom is 0.0728 e. The van der Waals surface area contributed by atoms with Gasteiger partial charge in [0.25, 0.3) is 0 Å². The van der Waals surface area contributed by atoms with E-state index in [0.717, 1.165) is 13.1 Å². The molecule has 2 heterocycles. The molecule has 2 nitrogen and oxygen atoms in total. The van der Waals surface area contributed by atoms with Crippen molar-refractivity contribution >= 4 is 5.71 Å². The summed E-state index contributed by atoms with van der Waals surface area (Å²) in [5.41, 5.74) is 3.95. The Morgan fingerprint density at radius 3 is 2.26 bits per heavy atom. The number of hydrogen-bond donors (Lipinski definition) is 0. The third-order valence-corrected chi connectivity index (χ3v) is 4.06. The third kappa shape index (κ3) is 1.80. The molecule has 2 aromatic carbocycles. The highest BCUT2D eigenvalue weighted by Gasteiger charge is 2.52. The molecule has 0 radical (unpaired) electrons. The molecule has 94 valence electrons. The summed E-state index contributed by atoms with van der Waals surface area (Å²) >= 11 is 0. The van der Waals surface area contributed by atoms with Crippen LogP contribution in [0.1, 0.15) is 17.2 Å². The number of rotatable bonds is 2. The molecule has 0 aromatic heterocycles. The second-order valence-corrected chi connectivity index (χ2v) is 5.17. The van der Waals surface area contributed by atoms with E-state index >= 15 is 0 Å². The van der Waals surface area contributed by atoms with Crippen LogP contribution in [-0.2, 0) is 0 Å². The Kier molecular flexibility index (Phi) is 2.49. The van der Waals surface area contributed by atoms with Crippen molar-refractivity contribution < 1.29 is 0 Å². The van der Waals surface area contributed by atoms with Gasteiger partial charge in [0.1, 0.15) is 0 Å². The predicted octanol–water partition coefficient (Wildman–Crippen LogP) is 2.91. The van der Waals surface area contributed by atoms with E-state index in [1.807, 2.05) is 0 Å². The van der Waals surface area contributed by atoms with Crippen LogP contribution in [0.15, 0.2) is 65.7 Å². The summed E-state index contributed by atoms with van der Waals surface area (Å²) in [7, 11) is 0. The van der Waals surface area contributed by atoms with E-state index in [9.17, 15) is 0 Å². The van der Waals surface area contributed by atoms with Crippen molar-refractivity contribution in [2.24, 2.45) is 4.99 Å². The van der Waals surface area contributed by atoms with Crippen LogP contribution in [0.25, 0.3) is 0 Å². The zero-order chi connectivity index (χ0) is 12.7. The Hall–Kier alpha value is -1.93. The van der Waals surface area contributed by atoms with Crippen LogP contribution < -0.4 is 0 Å². The zero-order valence-electron chi connectivity index (χ0n) is 10.7. The standard InChI is InChI=1S/C17H16N2/c1-3-7-13(8-4-1)15-17-16(19(17)12-11-18-15)14-9-5-2-6-10-14/h1-10,16-17H,11-12H2/t16-,17+,19?/m1/s1. The number of benzene rings is 2. The number of fused-ring (bicyclic) bond motifs is 1. The molecule has 0 spiro atoms. The fourth-order valence-corrected chi connectivity index (χ4v) is 3.14. The molecule has 0 N–H and O–H groups in total. The van der Waals surface area contributed by atoms with Gasteiger partial charge < -0.3 is 0 Å². The molecule has 2 heteroatoms. The van der Waals surface area contributed by atoms with Gasteiger partial charge in [0.2, 0.25) is 0 Å². The Morgan fingerprint density at radius 1 is 0.842 bits per heavy atom. The van der Waals surface area contributed by atoms with Crippen LogP contribution in [0.4, 0.5) is 0 Å². The molecule has 3 atom stereocenters. The van der Waals surface area contributed by atoms with Crippen LogP contribution in [0.3, 0.4) is 0 Å². The molecular formula is C17H16N2. The van der Waals surface area contributed by atoms with E-state index in [4.69, 9.17) is 4.99 Å². The van der Waals surface area contributed by atoms with E-state index in [0.29, 0.717) is 12.1 Å². The zero-order valence-corrected chi connectivity index (χ0v) is 10.7. The number of nitrogens with zero attached hydrogens (tertiary/aromatic N) is 2. The summed E-state index contributed by atoms with van der Waals surface area (Å²) in [6.45, 7) is 2.00.